The fraction of sp³-hybridized carbons (Fsp3) is 0.379. The van der Waals surface area contributed by atoms with E-state index in [9.17, 15) is 0 Å². The zero-order valence-electron chi connectivity index (χ0n) is 20.7. The minimum absolute atomic E-state index is 0.642. The molecule has 0 atom stereocenters. The van der Waals surface area contributed by atoms with E-state index >= 15 is 0 Å². The minimum atomic E-state index is 0.642. The number of benzene rings is 2. The molecule has 35 heavy (non-hydrogen) atoms. The highest BCUT2D eigenvalue weighted by molar-refractivity contribution is 7.98. The van der Waals surface area contributed by atoms with Crippen LogP contribution in [0.5, 0.6) is 5.75 Å². The molecule has 1 fully saturated rings. The van der Waals surface area contributed by atoms with Crippen LogP contribution in [0.2, 0.25) is 0 Å². The van der Waals surface area contributed by atoms with Gasteiger partial charge in [0.25, 0.3) is 0 Å². The van der Waals surface area contributed by atoms with Gasteiger partial charge in [-0.2, -0.15) is 0 Å². The lowest BCUT2D eigenvalue weighted by Crippen LogP contribution is -2.39. The van der Waals surface area contributed by atoms with E-state index in [-0.39, 0.29) is 0 Å². The number of pyridine rings is 1. The molecule has 0 saturated heterocycles. The summed E-state index contributed by atoms with van der Waals surface area (Å²) in [5, 5.41) is 0.935. The van der Waals surface area contributed by atoms with Gasteiger partial charge in [-0.15, -0.1) is 0 Å². The average molecular weight is 487 g/mol. The lowest BCUT2D eigenvalue weighted by Gasteiger charge is -2.34. The molecule has 0 spiro atoms. The van der Waals surface area contributed by atoms with Crippen molar-refractivity contribution in [2.24, 2.45) is 0 Å². The largest absolute Gasteiger partial charge is 0.492 e. The summed E-state index contributed by atoms with van der Waals surface area (Å²) >= 11 is 1.63. The van der Waals surface area contributed by atoms with Crippen LogP contribution in [0.25, 0.3) is 16.9 Å². The molecule has 2 aromatic carbocycles. The van der Waals surface area contributed by atoms with Crippen LogP contribution in [0.3, 0.4) is 0 Å². The number of nitrogens with zero attached hydrogens (tertiary/aromatic N) is 4. The zero-order chi connectivity index (χ0) is 24.0. The third-order valence-electron chi connectivity index (χ3n) is 7.01. The van der Waals surface area contributed by atoms with Gasteiger partial charge in [-0.1, -0.05) is 73.5 Å². The Morgan fingerprint density at radius 2 is 1.77 bits per heavy atom. The second-order valence-corrected chi connectivity index (χ2v) is 10.1. The van der Waals surface area contributed by atoms with E-state index in [2.05, 4.69) is 59.0 Å². The molecule has 182 valence electrons. The molecule has 2 heterocycles. The molecular weight excluding hydrogens is 452 g/mol. The lowest BCUT2D eigenvalue weighted by atomic mass is 9.94. The Labute approximate surface area is 212 Å². The Morgan fingerprint density at radius 3 is 2.57 bits per heavy atom. The second-order valence-electron chi connectivity index (χ2n) is 9.28. The van der Waals surface area contributed by atoms with Gasteiger partial charge in [-0.05, 0) is 49.8 Å². The molecule has 0 radical (unpaired) electrons. The molecule has 1 saturated carbocycles. The zero-order valence-corrected chi connectivity index (χ0v) is 21.5. The number of hydrogen-bond acceptors (Lipinski definition) is 5. The van der Waals surface area contributed by atoms with Gasteiger partial charge >= 0.3 is 0 Å². The van der Waals surface area contributed by atoms with Crippen molar-refractivity contribution in [2.75, 3.05) is 19.4 Å². The second kappa shape index (κ2) is 11.3. The van der Waals surface area contributed by atoms with Crippen LogP contribution in [-0.4, -0.2) is 44.9 Å². The normalized spacial score (nSPS) is 14.6. The summed E-state index contributed by atoms with van der Waals surface area (Å²) in [6.07, 6.45) is 10.5. The maximum atomic E-state index is 6.40. The van der Waals surface area contributed by atoms with Gasteiger partial charge in [0.2, 0.25) is 0 Å². The van der Waals surface area contributed by atoms with Crippen LogP contribution in [-0.2, 0) is 6.54 Å². The summed E-state index contributed by atoms with van der Waals surface area (Å²) in [4.78, 5) is 12.2. The van der Waals surface area contributed by atoms with Crippen LogP contribution < -0.4 is 4.74 Å². The molecule has 1 aliphatic carbocycles. The van der Waals surface area contributed by atoms with Crippen LogP contribution in [0, 0.1) is 6.92 Å². The summed E-state index contributed by atoms with van der Waals surface area (Å²) in [7, 11) is 0. The minimum Gasteiger partial charge on any atom is -0.492 e. The predicted molar refractivity (Wildman–Crippen MR) is 145 cm³/mol. The molecule has 2 aromatic heterocycles. The van der Waals surface area contributed by atoms with Gasteiger partial charge in [0.15, 0.2) is 5.16 Å². The number of ether oxygens (including phenoxy) is 1. The predicted octanol–water partition coefficient (Wildman–Crippen LogP) is 6.66. The van der Waals surface area contributed by atoms with E-state index in [0.29, 0.717) is 12.6 Å². The van der Waals surface area contributed by atoms with Gasteiger partial charge in [0.1, 0.15) is 18.2 Å². The standard InChI is InChI=1S/C29H34N4OS/c1-22-27(17-18-30-28(22)33-26-16-10-9-15-25(26)31-29(33)35-2)34-20-19-32(24-13-7-4-8-14-24)21-23-11-5-3-6-12-23/h3,5-6,9-12,15-18,24H,4,7-8,13-14,19-21H2,1-2H3. The van der Waals surface area contributed by atoms with Crippen molar-refractivity contribution in [3.05, 3.63) is 78.0 Å². The molecule has 1 aliphatic rings. The first-order valence-electron chi connectivity index (χ1n) is 12.6. The van der Waals surface area contributed by atoms with Crippen molar-refractivity contribution in [3.63, 3.8) is 0 Å². The van der Waals surface area contributed by atoms with E-state index < -0.39 is 0 Å². The van der Waals surface area contributed by atoms with E-state index in [1.807, 2.05) is 30.5 Å². The van der Waals surface area contributed by atoms with E-state index in [4.69, 9.17) is 14.7 Å². The van der Waals surface area contributed by atoms with Crippen molar-refractivity contribution >= 4 is 22.8 Å². The topological polar surface area (TPSA) is 43.2 Å². The van der Waals surface area contributed by atoms with E-state index in [1.54, 1.807) is 11.8 Å². The number of imidazole rings is 1. The van der Waals surface area contributed by atoms with Crippen LogP contribution in [0.1, 0.15) is 43.2 Å². The molecule has 5 rings (SSSR count). The number of aromatic nitrogens is 3. The molecule has 0 unspecified atom stereocenters. The Morgan fingerprint density at radius 1 is 1.00 bits per heavy atom. The third kappa shape index (κ3) is 5.39. The maximum Gasteiger partial charge on any atom is 0.174 e. The fourth-order valence-electron chi connectivity index (χ4n) is 5.16. The highest BCUT2D eigenvalue weighted by atomic mass is 32.2. The smallest absolute Gasteiger partial charge is 0.174 e. The molecule has 5 nitrogen and oxygen atoms in total. The number of fused-ring (bicyclic) bond motifs is 1. The number of thioether (sulfide) groups is 1. The van der Waals surface area contributed by atoms with Crippen molar-refractivity contribution in [1.29, 1.82) is 0 Å². The molecule has 0 amide bonds. The Hall–Kier alpha value is -2.83. The Bertz CT molecular complexity index is 1250. The van der Waals surface area contributed by atoms with Gasteiger partial charge in [0.05, 0.1) is 11.0 Å². The van der Waals surface area contributed by atoms with E-state index in [0.717, 1.165) is 46.4 Å². The molecule has 0 N–H and O–H groups in total. The quantitative estimate of drug-likeness (QED) is 0.247. The molecular formula is C29H34N4OS. The SMILES string of the molecule is CSc1nc2ccccc2n1-c1nccc(OCCN(Cc2ccccc2)C2CCCCC2)c1C. The summed E-state index contributed by atoms with van der Waals surface area (Å²) in [6.45, 7) is 4.65. The van der Waals surface area contributed by atoms with Crippen LogP contribution in [0.15, 0.2) is 72.0 Å². The fourth-order valence-corrected chi connectivity index (χ4v) is 5.72. The number of rotatable bonds is 9. The molecule has 0 aliphatic heterocycles. The average Bonchev–Trinajstić information content (AvgIpc) is 3.29. The number of para-hydroxylation sites is 2. The van der Waals surface area contributed by atoms with E-state index in [1.165, 1.54) is 37.7 Å². The van der Waals surface area contributed by atoms with Gasteiger partial charge in [-0.25, -0.2) is 9.97 Å². The van der Waals surface area contributed by atoms with Crippen molar-refractivity contribution < 1.29 is 4.74 Å². The first kappa shape index (κ1) is 23.9. The highest BCUT2D eigenvalue weighted by Crippen LogP contribution is 2.30. The van der Waals surface area contributed by atoms with Gasteiger partial charge < -0.3 is 4.74 Å². The van der Waals surface area contributed by atoms with Crippen molar-refractivity contribution in [3.8, 4) is 11.6 Å². The molecule has 0 bridgehead atoms. The summed E-state index contributed by atoms with van der Waals surface area (Å²) in [6, 6.07) is 21.7. The first-order chi connectivity index (χ1) is 17.2. The van der Waals surface area contributed by atoms with Crippen LogP contribution in [0.4, 0.5) is 0 Å². The van der Waals surface area contributed by atoms with Gasteiger partial charge in [0, 0.05) is 30.9 Å². The van der Waals surface area contributed by atoms with Crippen LogP contribution >= 0.6 is 11.8 Å². The first-order valence-corrected chi connectivity index (χ1v) is 13.9. The summed E-state index contributed by atoms with van der Waals surface area (Å²) < 4.78 is 8.54. The van der Waals surface area contributed by atoms with Crippen molar-refractivity contribution in [1.82, 2.24) is 19.4 Å². The number of hydrogen-bond donors (Lipinski definition) is 0. The summed E-state index contributed by atoms with van der Waals surface area (Å²) in [5.74, 6) is 1.78. The Kier molecular flexibility index (Phi) is 7.69. The monoisotopic (exact) mass is 486 g/mol. The molecule has 6 heteroatoms. The molecule has 4 aromatic rings. The lowest BCUT2D eigenvalue weighted by molar-refractivity contribution is 0.123. The highest BCUT2D eigenvalue weighted by Gasteiger charge is 2.22. The maximum absolute atomic E-state index is 6.40. The van der Waals surface area contributed by atoms with Crippen molar-refractivity contribution in [2.45, 2.75) is 56.8 Å². The Balaban J connectivity index is 1.34. The third-order valence-corrected chi connectivity index (χ3v) is 7.65. The summed E-state index contributed by atoms with van der Waals surface area (Å²) in [5.41, 5.74) is 4.46. The van der Waals surface area contributed by atoms with Gasteiger partial charge in [-0.3, -0.25) is 9.47 Å².